The highest BCUT2D eigenvalue weighted by atomic mass is 16.6. The van der Waals surface area contributed by atoms with E-state index in [4.69, 9.17) is 18.9 Å². The minimum Gasteiger partial charge on any atom is -0.489 e. The van der Waals surface area contributed by atoms with Crippen molar-refractivity contribution in [3.8, 4) is 11.5 Å². The Morgan fingerprint density at radius 2 is 1.41 bits per heavy atom. The molecule has 0 N–H and O–H groups in total. The smallest absolute Gasteiger partial charge is 0.333 e. The van der Waals surface area contributed by atoms with Crippen LogP contribution in [0.15, 0.2) is 42.5 Å². The molecular weight excluding hydrogens is 468 g/mol. The monoisotopic (exact) mass is 506 g/mol. The molecule has 2 aromatic carbocycles. The molecule has 4 unspecified atom stereocenters. The summed E-state index contributed by atoms with van der Waals surface area (Å²) in [5, 5.41) is 2.06. The summed E-state index contributed by atoms with van der Waals surface area (Å²) in [6.07, 6.45) is 3.34. The molecule has 0 aliphatic heterocycles. The maximum atomic E-state index is 12.0. The maximum absolute atomic E-state index is 12.0. The zero-order valence-corrected chi connectivity index (χ0v) is 22.6. The van der Waals surface area contributed by atoms with Gasteiger partial charge in [-0.3, -0.25) is 0 Å². The molecule has 37 heavy (non-hydrogen) atoms. The molecule has 2 aliphatic rings. The van der Waals surface area contributed by atoms with Gasteiger partial charge in [0.15, 0.2) is 0 Å². The molecule has 198 valence electrons. The van der Waals surface area contributed by atoms with Crippen LogP contribution in [0.1, 0.15) is 82.4 Å². The van der Waals surface area contributed by atoms with E-state index in [-0.39, 0.29) is 13.2 Å². The molecule has 2 aromatic rings. The van der Waals surface area contributed by atoms with Gasteiger partial charge >= 0.3 is 11.9 Å². The van der Waals surface area contributed by atoms with E-state index < -0.39 is 24.1 Å². The second kappa shape index (κ2) is 11.0. The molecule has 0 saturated heterocycles. The Labute approximate surface area is 219 Å². The van der Waals surface area contributed by atoms with E-state index in [0.717, 1.165) is 48.0 Å². The predicted molar refractivity (Wildman–Crippen MR) is 144 cm³/mol. The molecule has 4 atom stereocenters. The normalized spacial score (nSPS) is 19.2. The van der Waals surface area contributed by atoms with Gasteiger partial charge in [0.25, 0.3) is 0 Å². The Balaban J connectivity index is 1.73. The fourth-order valence-corrected chi connectivity index (χ4v) is 5.53. The first-order valence-corrected chi connectivity index (χ1v) is 13.2. The number of fused-ring (bicyclic) bond motifs is 6. The lowest BCUT2D eigenvalue weighted by molar-refractivity contribution is -0.145. The van der Waals surface area contributed by atoms with Crippen LogP contribution >= 0.6 is 0 Å². The van der Waals surface area contributed by atoms with Crippen LogP contribution in [0.5, 0.6) is 11.5 Å². The van der Waals surface area contributed by atoms with Gasteiger partial charge in [0.2, 0.25) is 0 Å². The van der Waals surface area contributed by atoms with E-state index in [1.165, 1.54) is 16.7 Å². The van der Waals surface area contributed by atoms with Crippen molar-refractivity contribution in [3.05, 3.63) is 59.2 Å². The molecule has 2 bridgehead atoms. The number of rotatable bonds is 11. The van der Waals surface area contributed by atoms with Crippen LogP contribution in [0, 0.1) is 0 Å². The average molecular weight is 507 g/mol. The minimum absolute atomic E-state index is 0.252. The van der Waals surface area contributed by atoms with E-state index >= 15 is 0 Å². The maximum Gasteiger partial charge on any atom is 0.333 e. The molecule has 0 aromatic heterocycles. The lowest BCUT2D eigenvalue weighted by atomic mass is 9.85. The largest absolute Gasteiger partial charge is 0.489 e. The van der Waals surface area contributed by atoms with Crippen molar-refractivity contribution in [1.82, 2.24) is 0 Å². The van der Waals surface area contributed by atoms with Crippen molar-refractivity contribution in [3.63, 3.8) is 0 Å². The highest BCUT2D eigenvalue weighted by molar-refractivity contribution is 5.99. The number of hydrogen-bond donors (Lipinski definition) is 0. The highest BCUT2D eigenvalue weighted by Crippen LogP contribution is 2.61. The van der Waals surface area contributed by atoms with E-state index in [1.807, 2.05) is 13.8 Å². The van der Waals surface area contributed by atoms with Gasteiger partial charge in [-0.05, 0) is 70.8 Å². The molecule has 0 heterocycles. The third-order valence-electron chi connectivity index (χ3n) is 7.27. The number of aryl methyl sites for hydroxylation is 1. The highest BCUT2D eigenvalue weighted by Gasteiger charge is 2.43. The van der Waals surface area contributed by atoms with Gasteiger partial charge in [-0.1, -0.05) is 38.3 Å². The lowest BCUT2D eigenvalue weighted by Gasteiger charge is -2.27. The summed E-state index contributed by atoms with van der Waals surface area (Å²) in [6.45, 7) is 16.9. The molecule has 6 heteroatoms. The summed E-state index contributed by atoms with van der Waals surface area (Å²) in [6, 6.07) is 6.26. The predicted octanol–water partition coefficient (Wildman–Crippen LogP) is 6.54. The Morgan fingerprint density at radius 3 is 1.92 bits per heavy atom. The van der Waals surface area contributed by atoms with Gasteiger partial charge in [-0.15, -0.1) is 0 Å². The van der Waals surface area contributed by atoms with Crippen LogP contribution < -0.4 is 9.47 Å². The summed E-state index contributed by atoms with van der Waals surface area (Å²) in [7, 11) is 0. The van der Waals surface area contributed by atoms with Crippen molar-refractivity contribution in [2.45, 2.75) is 84.3 Å². The second-order valence-corrected chi connectivity index (χ2v) is 10.5. The van der Waals surface area contributed by atoms with Gasteiger partial charge in [0.1, 0.15) is 36.9 Å². The molecule has 0 spiro atoms. The number of hydrogen-bond acceptors (Lipinski definition) is 6. The average Bonchev–Trinajstić information content (AvgIpc) is 3.48. The van der Waals surface area contributed by atoms with Crippen molar-refractivity contribution >= 4 is 22.7 Å². The zero-order valence-electron chi connectivity index (χ0n) is 22.6. The molecule has 1 saturated carbocycles. The molecular formula is C31H38O6. The van der Waals surface area contributed by atoms with Crippen molar-refractivity contribution in [2.24, 2.45) is 0 Å². The van der Waals surface area contributed by atoms with Gasteiger partial charge in [-0.25, -0.2) is 9.59 Å². The fourth-order valence-electron chi connectivity index (χ4n) is 5.53. The Bertz CT molecular complexity index is 1240. The Morgan fingerprint density at radius 1 is 0.892 bits per heavy atom. The minimum atomic E-state index is -0.415. The second-order valence-electron chi connectivity index (χ2n) is 10.5. The number of benzene rings is 2. The van der Waals surface area contributed by atoms with Crippen molar-refractivity contribution < 1.29 is 28.5 Å². The van der Waals surface area contributed by atoms with Crippen LogP contribution in [0.4, 0.5) is 0 Å². The molecule has 4 rings (SSSR count). The van der Waals surface area contributed by atoms with E-state index in [0.29, 0.717) is 23.0 Å². The standard InChI is InChI=1S/C31H38O6/c1-8-21-10-9-11-24-25(21)29(35-16-20(7)37-31(33)18(4)5)27-23-13-12-22(14-23)26(27)28(24)34-15-19(6)36-30(32)17(2)3/h9-11,19-20,22-23H,2,4,8,12-16H2,1,3,5-7H3. The van der Waals surface area contributed by atoms with Crippen molar-refractivity contribution in [2.75, 3.05) is 13.2 Å². The quantitative estimate of drug-likeness (QED) is 0.255. The van der Waals surface area contributed by atoms with E-state index in [9.17, 15) is 9.59 Å². The Kier molecular flexibility index (Phi) is 7.96. The first kappa shape index (κ1) is 26.8. The fraction of sp³-hybridized carbons (Fsp3) is 0.484. The SMILES string of the molecule is C=C(C)C(=O)OC(C)COc1c2c(c(OCC(C)OC(=O)C(=C)C)c3c(CC)cccc13)C1CCC2C1. The third kappa shape index (κ3) is 5.39. The summed E-state index contributed by atoms with van der Waals surface area (Å²) in [4.78, 5) is 24.0. The van der Waals surface area contributed by atoms with Crippen LogP contribution in [0.3, 0.4) is 0 Å². The van der Waals surface area contributed by atoms with Crippen LogP contribution in [0.25, 0.3) is 10.8 Å². The van der Waals surface area contributed by atoms with Gasteiger partial charge in [0.05, 0.1) is 0 Å². The van der Waals surface area contributed by atoms with Crippen LogP contribution in [0.2, 0.25) is 0 Å². The summed E-state index contributed by atoms with van der Waals surface area (Å²) < 4.78 is 24.0. The Hall–Kier alpha value is -3.28. The summed E-state index contributed by atoms with van der Waals surface area (Å²) in [5.41, 5.74) is 4.36. The number of carbonyl (C=O) groups is 2. The number of esters is 2. The van der Waals surface area contributed by atoms with Crippen LogP contribution in [-0.2, 0) is 25.5 Å². The van der Waals surface area contributed by atoms with Gasteiger partial charge < -0.3 is 18.9 Å². The lowest BCUT2D eigenvalue weighted by Crippen LogP contribution is -2.24. The molecule has 0 amide bonds. The van der Waals surface area contributed by atoms with Gasteiger partial charge in [0, 0.05) is 33.0 Å². The zero-order chi connectivity index (χ0) is 26.9. The van der Waals surface area contributed by atoms with Crippen LogP contribution in [-0.4, -0.2) is 37.4 Å². The number of ether oxygens (including phenoxy) is 4. The van der Waals surface area contributed by atoms with Crippen molar-refractivity contribution in [1.29, 1.82) is 0 Å². The molecule has 0 radical (unpaired) electrons. The summed E-state index contributed by atoms with van der Waals surface area (Å²) in [5.74, 6) is 1.77. The molecule has 6 nitrogen and oxygen atoms in total. The third-order valence-corrected chi connectivity index (χ3v) is 7.27. The van der Waals surface area contributed by atoms with E-state index in [1.54, 1.807) is 13.8 Å². The first-order valence-electron chi connectivity index (χ1n) is 13.2. The summed E-state index contributed by atoms with van der Waals surface area (Å²) >= 11 is 0. The number of carbonyl (C=O) groups excluding carboxylic acids is 2. The van der Waals surface area contributed by atoms with E-state index in [2.05, 4.69) is 38.3 Å². The van der Waals surface area contributed by atoms with Gasteiger partial charge in [-0.2, -0.15) is 0 Å². The first-order chi connectivity index (χ1) is 17.6. The molecule has 2 aliphatic carbocycles. The topological polar surface area (TPSA) is 71.1 Å². The molecule has 1 fully saturated rings.